The molecule has 0 aliphatic carbocycles. The maximum absolute atomic E-state index is 14.2. The molecular formula is C19H20F2N2O4. The van der Waals surface area contributed by atoms with E-state index in [4.69, 9.17) is 19.9 Å². The van der Waals surface area contributed by atoms with Crippen molar-refractivity contribution in [3.63, 3.8) is 0 Å². The van der Waals surface area contributed by atoms with Gasteiger partial charge in [-0.25, -0.2) is 9.18 Å². The minimum absolute atomic E-state index is 0.00458. The molecule has 0 saturated heterocycles. The summed E-state index contributed by atoms with van der Waals surface area (Å²) in [6.07, 6.45) is 0.589. The third kappa shape index (κ3) is 4.03. The zero-order chi connectivity index (χ0) is 20.1. The molecule has 0 saturated carbocycles. The van der Waals surface area contributed by atoms with Gasteiger partial charge in [0.15, 0.2) is 11.6 Å². The summed E-state index contributed by atoms with van der Waals surface area (Å²) in [5, 5.41) is 9.50. The summed E-state index contributed by atoms with van der Waals surface area (Å²) in [4.78, 5) is 12.4. The smallest absolute Gasteiger partial charge is 0.338 e. The summed E-state index contributed by atoms with van der Waals surface area (Å²) in [5.41, 5.74) is 5.80. The van der Waals surface area contributed by atoms with Crippen molar-refractivity contribution in [2.75, 3.05) is 13.2 Å². The Labute approximate surface area is 155 Å². The van der Waals surface area contributed by atoms with Gasteiger partial charge in [-0.05, 0) is 38.0 Å². The number of carbonyl (C=O) groups excluding carboxylic acids is 1. The van der Waals surface area contributed by atoms with Crippen LogP contribution in [0, 0.1) is 23.0 Å². The molecule has 1 aromatic rings. The number of carbonyl (C=O) groups is 1. The standard InChI is InChI=1S/C19H20F2N2O4/c1-4-6-26-14-8-11(7-13(20)17(14)21)16-12(9-22)18(23)27-10(3)15(16)19(24)25-5-2/h7-8,16H,4-6,23H2,1-3H3. The van der Waals surface area contributed by atoms with Crippen molar-refractivity contribution in [3.8, 4) is 11.8 Å². The first-order chi connectivity index (χ1) is 12.8. The van der Waals surface area contributed by atoms with Gasteiger partial charge in [0.05, 0.1) is 24.7 Å². The van der Waals surface area contributed by atoms with Crippen LogP contribution >= 0.6 is 0 Å². The SMILES string of the molecule is CCCOc1cc(C2C(C#N)=C(N)OC(C)=C2C(=O)OCC)cc(F)c1F. The van der Waals surface area contributed by atoms with E-state index in [1.807, 2.05) is 13.0 Å². The van der Waals surface area contributed by atoms with E-state index in [0.29, 0.717) is 6.42 Å². The number of esters is 1. The summed E-state index contributed by atoms with van der Waals surface area (Å²) < 4.78 is 43.8. The summed E-state index contributed by atoms with van der Waals surface area (Å²) in [7, 11) is 0. The van der Waals surface area contributed by atoms with Crippen LogP contribution in [-0.4, -0.2) is 19.2 Å². The largest absolute Gasteiger partial charge is 0.490 e. The summed E-state index contributed by atoms with van der Waals surface area (Å²) in [6.45, 7) is 5.19. The molecule has 2 N–H and O–H groups in total. The molecule has 8 heteroatoms. The van der Waals surface area contributed by atoms with E-state index < -0.39 is 23.5 Å². The first kappa shape index (κ1) is 20.2. The van der Waals surface area contributed by atoms with Crippen molar-refractivity contribution in [1.82, 2.24) is 0 Å². The second-order valence-corrected chi connectivity index (χ2v) is 5.78. The van der Waals surface area contributed by atoms with Crippen molar-refractivity contribution >= 4 is 5.97 Å². The normalized spacial score (nSPS) is 16.7. The molecule has 0 bridgehead atoms. The Balaban J connectivity index is 2.66. The molecule has 6 nitrogen and oxygen atoms in total. The lowest BCUT2D eigenvalue weighted by atomic mass is 9.83. The molecule has 2 rings (SSSR count). The van der Waals surface area contributed by atoms with Crippen LogP contribution in [0.2, 0.25) is 0 Å². The molecule has 1 aliphatic rings. The minimum atomic E-state index is -1.16. The zero-order valence-electron chi connectivity index (χ0n) is 15.3. The van der Waals surface area contributed by atoms with Crippen molar-refractivity contribution in [2.24, 2.45) is 5.73 Å². The Kier molecular flexibility index (Phi) is 6.40. The molecule has 0 fully saturated rings. The molecule has 1 aliphatic heterocycles. The number of rotatable bonds is 6. The zero-order valence-corrected chi connectivity index (χ0v) is 15.3. The molecule has 0 aromatic heterocycles. The molecule has 1 aromatic carbocycles. The van der Waals surface area contributed by atoms with Crippen molar-refractivity contribution < 1.29 is 27.8 Å². The van der Waals surface area contributed by atoms with Crippen LogP contribution in [0.4, 0.5) is 8.78 Å². The third-order valence-corrected chi connectivity index (χ3v) is 3.91. The van der Waals surface area contributed by atoms with Crippen LogP contribution in [0.15, 0.2) is 34.9 Å². The van der Waals surface area contributed by atoms with Gasteiger partial charge in [-0.15, -0.1) is 0 Å². The Hall–Kier alpha value is -3.08. The highest BCUT2D eigenvalue weighted by atomic mass is 19.2. The number of allylic oxidation sites excluding steroid dienone is 2. The Morgan fingerprint density at radius 3 is 2.67 bits per heavy atom. The highest BCUT2D eigenvalue weighted by molar-refractivity contribution is 5.92. The van der Waals surface area contributed by atoms with Gasteiger partial charge in [-0.3, -0.25) is 0 Å². The van der Waals surface area contributed by atoms with Crippen molar-refractivity contribution in [2.45, 2.75) is 33.1 Å². The van der Waals surface area contributed by atoms with Gasteiger partial charge < -0.3 is 19.9 Å². The molecule has 0 spiro atoms. The Morgan fingerprint density at radius 1 is 1.37 bits per heavy atom. The van der Waals surface area contributed by atoms with Crippen molar-refractivity contribution in [1.29, 1.82) is 5.26 Å². The topological polar surface area (TPSA) is 94.6 Å². The molecule has 144 valence electrons. The van der Waals surface area contributed by atoms with Crippen LogP contribution in [0.25, 0.3) is 0 Å². The fraction of sp³-hybridized carbons (Fsp3) is 0.368. The number of ether oxygens (including phenoxy) is 3. The lowest BCUT2D eigenvalue weighted by Gasteiger charge is -2.27. The molecule has 1 heterocycles. The number of nitrogens with zero attached hydrogens (tertiary/aromatic N) is 1. The molecule has 0 amide bonds. The number of nitriles is 1. The average molecular weight is 378 g/mol. The minimum Gasteiger partial charge on any atom is -0.490 e. The van der Waals surface area contributed by atoms with E-state index in [1.165, 1.54) is 13.0 Å². The third-order valence-electron chi connectivity index (χ3n) is 3.91. The average Bonchev–Trinajstić information content (AvgIpc) is 2.62. The van der Waals surface area contributed by atoms with Crippen molar-refractivity contribution in [3.05, 3.63) is 52.1 Å². The summed E-state index contributed by atoms with van der Waals surface area (Å²) in [6, 6.07) is 4.03. The predicted octanol–water partition coefficient (Wildman–Crippen LogP) is 3.40. The Bertz CT molecular complexity index is 856. The molecule has 27 heavy (non-hydrogen) atoms. The van der Waals surface area contributed by atoms with E-state index in [-0.39, 0.29) is 47.3 Å². The fourth-order valence-electron chi connectivity index (χ4n) is 2.76. The quantitative estimate of drug-likeness (QED) is 0.763. The lowest BCUT2D eigenvalue weighted by Crippen LogP contribution is -2.25. The van der Waals surface area contributed by atoms with Crippen LogP contribution in [0.1, 0.15) is 38.7 Å². The van der Waals surface area contributed by atoms with Crippen LogP contribution in [0.3, 0.4) is 0 Å². The second-order valence-electron chi connectivity index (χ2n) is 5.78. The summed E-state index contributed by atoms with van der Waals surface area (Å²) >= 11 is 0. The number of nitrogens with two attached hydrogens (primary N) is 1. The molecule has 0 radical (unpaired) electrons. The van der Waals surface area contributed by atoms with E-state index in [1.54, 1.807) is 6.92 Å². The molecular weight excluding hydrogens is 358 g/mol. The van der Waals surface area contributed by atoms with E-state index in [0.717, 1.165) is 6.07 Å². The van der Waals surface area contributed by atoms with Crippen LogP contribution in [0.5, 0.6) is 5.75 Å². The molecule has 1 unspecified atom stereocenters. The number of benzene rings is 1. The first-order valence-corrected chi connectivity index (χ1v) is 8.42. The lowest BCUT2D eigenvalue weighted by molar-refractivity contribution is -0.139. The van der Waals surface area contributed by atoms with Gasteiger partial charge in [0.25, 0.3) is 0 Å². The van der Waals surface area contributed by atoms with Gasteiger partial charge in [0.2, 0.25) is 11.7 Å². The van der Waals surface area contributed by atoms with Gasteiger partial charge in [0.1, 0.15) is 17.4 Å². The van der Waals surface area contributed by atoms with Gasteiger partial charge in [0, 0.05) is 0 Å². The maximum atomic E-state index is 14.2. The van der Waals surface area contributed by atoms with E-state index >= 15 is 0 Å². The predicted molar refractivity (Wildman–Crippen MR) is 92.1 cm³/mol. The highest BCUT2D eigenvalue weighted by Gasteiger charge is 2.37. The highest BCUT2D eigenvalue weighted by Crippen LogP contribution is 2.41. The Morgan fingerprint density at radius 2 is 2.07 bits per heavy atom. The van der Waals surface area contributed by atoms with Gasteiger partial charge in [-0.1, -0.05) is 6.92 Å². The van der Waals surface area contributed by atoms with Crippen LogP contribution < -0.4 is 10.5 Å². The summed E-state index contributed by atoms with van der Waals surface area (Å²) in [5.74, 6) is -4.52. The van der Waals surface area contributed by atoms with Crippen LogP contribution in [-0.2, 0) is 14.3 Å². The van der Waals surface area contributed by atoms with E-state index in [9.17, 15) is 18.8 Å². The number of hydrogen-bond acceptors (Lipinski definition) is 6. The van der Waals surface area contributed by atoms with E-state index in [2.05, 4.69) is 0 Å². The number of hydrogen-bond donors (Lipinski definition) is 1. The first-order valence-electron chi connectivity index (χ1n) is 8.42. The van der Waals surface area contributed by atoms with Gasteiger partial charge >= 0.3 is 5.97 Å². The molecule has 1 atom stereocenters. The fourth-order valence-corrected chi connectivity index (χ4v) is 2.76. The van der Waals surface area contributed by atoms with Gasteiger partial charge in [-0.2, -0.15) is 9.65 Å². The maximum Gasteiger partial charge on any atom is 0.338 e. The monoisotopic (exact) mass is 378 g/mol. The second kappa shape index (κ2) is 8.54. The number of halogens is 2.